The van der Waals surface area contributed by atoms with E-state index in [4.69, 9.17) is 5.11 Å². The largest absolute Gasteiger partial charge is 0.464 e. The van der Waals surface area contributed by atoms with Gasteiger partial charge >= 0.3 is 11.9 Å². The number of rotatable bonds is 3. The normalized spacial score (nSPS) is 9.28. The number of hydrogen-bond donors (Lipinski definition) is 1. The Balaban J connectivity index is 3.08. The van der Waals surface area contributed by atoms with E-state index in [1.165, 1.54) is 25.0 Å². The molecule has 0 aliphatic carbocycles. The van der Waals surface area contributed by atoms with Gasteiger partial charge in [0.15, 0.2) is 5.69 Å². The lowest BCUT2D eigenvalue weighted by Crippen LogP contribution is -2.11. The number of nitrogens with zero attached hydrogens (tertiary/aromatic N) is 2. The molecule has 1 rings (SSSR count). The molecule has 0 aliphatic rings. The lowest BCUT2D eigenvalue weighted by Gasteiger charge is -2.00. The molecular formula is C11H12N2O5. The Hall–Kier alpha value is -2.33. The average molecular weight is 252 g/mol. The monoisotopic (exact) mass is 252 g/mol. The quantitative estimate of drug-likeness (QED) is 0.573. The Morgan fingerprint density at radius 3 is 2.56 bits per heavy atom. The van der Waals surface area contributed by atoms with Crippen LogP contribution in [-0.2, 0) is 16.0 Å². The highest BCUT2D eigenvalue weighted by Gasteiger charge is 2.19. The summed E-state index contributed by atoms with van der Waals surface area (Å²) in [6, 6.07) is 1.26. The van der Waals surface area contributed by atoms with E-state index >= 15 is 0 Å². The van der Waals surface area contributed by atoms with Crippen LogP contribution in [0.15, 0.2) is 6.07 Å². The summed E-state index contributed by atoms with van der Waals surface area (Å²) in [5.41, 5.74) is 0.0776. The molecule has 1 aromatic rings. The van der Waals surface area contributed by atoms with Crippen LogP contribution in [0.2, 0.25) is 0 Å². The van der Waals surface area contributed by atoms with Crippen molar-refractivity contribution in [2.45, 2.75) is 6.54 Å². The van der Waals surface area contributed by atoms with E-state index in [0.717, 1.165) is 0 Å². The molecular weight excluding hydrogens is 240 g/mol. The van der Waals surface area contributed by atoms with Gasteiger partial charge in [-0.05, 0) is 0 Å². The van der Waals surface area contributed by atoms with Crippen LogP contribution < -0.4 is 0 Å². The zero-order valence-electron chi connectivity index (χ0n) is 9.97. The van der Waals surface area contributed by atoms with E-state index in [-0.39, 0.29) is 24.5 Å². The third-order valence-corrected chi connectivity index (χ3v) is 2.00. The Kier molecular flexibility index (Phi) is 4.90. The van der Waals surface area contributed by atoms with Crippen molar-refractivity contribution in [2.24, 2.45) is 0 Å². The number of methoxy groups -OCH3 is 2. The van der Waals surface area contributed by atoms with Crippen molar-refractivity contribution in [1.29, 1.82) is 0 Å². The van der Waals surface area contributed by atoms with E-state index in [9.17, 15) is 9.59 Å². The number of carbonyl (C=O) groups is 2. The van der Waals surface area contributed by atoms with Gasteiger partial charge in [0.05, 0.1) is 14.2 Å². The van der Waals surface area contributed by atoms with Crippen molar-refractivity contribution in [3.63, 3.8) is 0 Å². The molecule has 0 aromatic carbocycles. The molecule has 0 aliphatic heterocycles. The number of carbonyl (C=O) groups excluding carboxylic acids is 2. The molecule has 0 fully saturated rings. The molecule has 0 unspecified atom stereocenters. The second-order valence-electron chi connectivity index (χ2n) is 3.07. The number of aliphatic hydroxyl groups is 1. The van der Waals surface area contributed by atoms with Gasteiger partial charge in [0, 0.05) is 6.07 Å². The fourth-order valence-electron chi connectivity index (χ4n) is 1.20. The van der Waals surface area contributed by atoms with Crippen LogP contribution in [0.4, 0.5) is 0 Å². The molecule has 0 saturated carbocycles. The first-order valence-corrected chi connectivity index (χ1v) is 4.95. The second-order valence-corrected chi connectivity index (χ2v) is 3.07. The smallest absolute Gasteiger partial charge is 0.358 e. The minimum atomic E-state index is -0.658. The predicted octanol–water partition coefficient (Wildman–Crippen LogP) is -0.548. The standard InChI is InChI=1S/C11H12N2O5/c1-17-10(15)8-7-9(11(16)18-2)13(12-8)5-3-4-6-14/h7,14H,5-6H2,1-2H3. The number of esters is 2. The highest BCUT2D eigenvalue weighted by atomic mass is 16.5. The van der Waals surface area contributed by atoms with Gasteiger partial charge in [-0.3, -0.25) is 0 Å². The summed E-state index contributed by atoms with van der Waals surface area (Å²) in [5, 5.41) is 12.4. The molecule has 1 N–H and O–H groups in total. The molecule has 1 aromatic heterocycles. The fraction of sp³-hybridized carbons (Fsp3) is 0.364. The van der Waals surface area contributed by atoms with E-state index < -0.39 is 11.9 Å². The minimum absolute atomic E-state index is 0.0105. The van der Waals surface area contributed by atoms with Gasteiger partial charge in [0.25, 0.3) is 0 Å². The SMILES string of the molecule is COC(=O)c1cc(C(=O)OC)n(CC#CCO)n1. The first kappa shape index (κ1) is 13.7. The average Bonchev–Trinajstić information content (AvgIpc) is 2.81. The number of aromatic nitrogens is 2. The van der Waals surface area contributed by atoms with Gasteiger partial charge < -0.3 is 14.6 Å². The van der Waals surface area contributed by atoms with Crippen molar-refractivity contribution in [3.8, 4) is 11.8 Å². The zero-order chi connectivity index (χ0) is 13.5. The lowest BCUT2D eigenvalue weighted by atomic mass is 10.3. The van der Waals surface area contributed by atoms with Crippen molar-refractivity contribution >= 4 is 11.9 Å². The van der Waals surface area contributed by atoms with Crippen molar-refractivity contribution in [2.75, 3.05) is 20.8 Å². The first-order chi connectivity index (χ1) is 8.63. The molecule has 0 saturated heterocycles. The van der Waals surface area contributed by atoms with E-state index in [0.29, 0.717) is 0 Å². The van der Waals surface area contributed by atoms with Crippen LogP contribution in [0.5, 0.6) is 0 Å². The lowest BCUT2D eigenvalue weighted by molar-refractivity contribution is 0.0582. The van der Waals surface area contributed by atoms with Crippen molar-refractivity contribution in [3.05, 3.63) is 17.5 Å². The molecule has 7 nitrogen and oxygen atoms in total. The number of ether oxygens (including phenoxy) is 2. The topological polar surface area (TPSA) is 90.7 Å². The highest BCUT2D eigenvalue weighted by molar-refractivity contribution is 5.93. The maximum Gasteiger partial charge on any atom is 0.358 e. The minimum Gasteiger partial charge on any atom is -0.464 e. The van der Waals surface area contributed by atoms with Gasteiger partial charge in [-0.25, -0.2) is 14.3 Å². The van der Waals surface area contributed by atoms with Gasteiger partial charge in [-0.2, -0.15) is 5.10 Å². The Labute approximate surface area is 103 Å². The molecule has 0 bridgehead atoms. The summed E-state index contributed by atoms with van der Waals surface area (Å²) >= 11 is 0. The van der Waals surface area contributed by atoms with Gasteiger partial charge in [-0.15, -0.1) is 0 Å². The molecule has 0 radical (unpaired) electrons. The van der Waals surface area contributed by atoms with E-state index in [1.54, 1.807) is 0 Å². The van der Waals surface area contributed by atoms with Crippen molar-refractivity contribution in [1.82, 2.24) is 9.78 Å². The van der Waals surface area contributed by atoms with E-state index in [2.05, 4.69) is 26.4 Å². The summed E-state index contributed by atoms with van der Waals surface area (Å²) in [6.45, 7) is -0.235. The van der Waals surface area contributed by atoms with Crippen molar-refractivity contribution < 1.29 is 24.2 Å². The Morgan fingerprint density at radius 1 is 1.33 bits per heavy atom. The van der Waals surface area contributed by atoms with Crippen LogP contribution >= 0.6 is 0 Å². The maximum absolute atomic E-state index is 11.5. The van der Waals surface area contributed by atoms with Gasteiger partial charge in [0.1, 0.15) is 18.8 Å². The molecule has 96 valence electrons. The van der Waals surface area contributed by atoms with Crippen LogP contribution in [-0.4, -0.2) is 47.7 Å². The molecule has 0 atom stereocenters. The Bertz CT molecular complexity index is 509. The fourth-order valence-corrected chi connectivity index (χ4v) is 1.20. The summed E-state index contributed by atoms with van der Waals surface area (Å²) in [4.78, 5) is 22.8. The van der Waals surface area contributed by atoms with Crippen LogP contribution in [0, 0.1) is 11.8 Å². The molecule has 1 heterocycles. The third kappa shape index (κ3) is 3.09. The highest BCUT2D eigenvalue weighted by Crippen LogP contribution is 2.07. The Morgan fingerprint density at radius 2 is 2.00 bits per heavy atom. The van der Waals surface area contributed by atoms with Crippen LogP contribution in [0.3, 0.4) is 0 Å². The number of aliphatic hydroxyl groups excluding tert-OH is 1. The molecule has 18 heavy (non-hydrogen) atoms. The van der Waals surface area contributed by atoms with Gasteiger partial charge in [0.2, 0.25) is 0 Å². The van der Waals surface area contributed by atoms with Crippen LogP contribution in [0.1, 0.15) is 21.0 Å². The maximum atomic E-state index is 11.5. The summed E-state index contributed by atoms with van der Waals surface area (Å²) in [6.07, 6.45) is 0. The van der Waals surface area contributed by atoms with E-state index in [1.807, 2.05) is 0 Å². The summed E-state index contributed by atoms with van der Waals surface area (Å²) in [7, 11) is 2.43. The molecule has 0 spiro atoms. The molecule has 7 heteroatoms. The first-order valence-electron chi connectivity index (χ1n) is 4.95. The number of hydrogen-bond acceptors (Lipinski definition) is 6. The third-order valence-electron chi connectivity index (χ3n) is 2.00. The van der Waals surface area contributed by atoms with Crippen LogP contribution in [0.25, 0.3) is 0 Å². The summed E-state index contributed by atoms with van der Waals surface area (Å²) in [5.74, 6) is 3.70. The summed E-state index contributed by atoms with van der Waals surface area (Å²) < 4.78 is 10.3. The van der Waals surface area contributed by atoms with Gasteiger partial charge in [-0.1, -0.05) is 11.8 Å². The second kappa shape index (κ2) is 6.42. The predicted molar refractivity (Wildman–Crippen MR) is 59.8 cm³/mol. The zero-order valence-corrected chi connectivity index (χ0v) is 9.97. The molecule has 0 amide bonds.